The second kappa shape index (κ2) is 6.13. The van der Waals surface area contributed by atoms with Crippen LogP contribution in [0.3, 0.4) is 0 Å². The molecule has 2 heterocycles. The number of fused-ring (bicyclic) bond motifs is 1. The highest BCUT2D eigenvalue weighted by atomic mass is 15.1. The molecule has 21 heavy (non-hydrogen) atoms. The molecule has 0 spiro atoms. The van der Waals surface area contributed by atoms with Gasteiger partial charge in [-0.05, 0) is 24.8 Å². The first-order valence-electron chi connectivity index (χ1n) is 7.86. The maximum Gasteiger partial charge on any atom is 0.103 e. The van der Waals surface area contributed by atoms with Crippen LogP contribution in [0.4, 0.5) is 5.69 Å². The standard InChI is InChI=1S/C18H21N3/c1-2-5-14-8-10-21(11-9-14)18-15(12-19)13-20-17-7-4-3-6-16(17)18/h3-4,6-7,13-14H,2,5,8-11H2,1H3. The maximum atomic E-state index is 9.43. The van der Waals surface area contributed by atoms with Crippen molar-refractivity contribution in [3.8, 4) is 6.07 Å². The molecule has 0 atom stereocenters. The molecule has 0 bridgehead atoms. The van der Waals surface area contributed by atoms with Gasteiger partial charge in [0.1, 0.15) is 6.07 Å². The van der Waals surface area contributed by atoms with Crippen LogP contribution in [0.15, 0.2) is 30.5 Å². The Labute approximate surface area is 126 Å². The number of nitriles is 1. The highest BCUT2D eigenvalue weighted by Crippen LogP contribution is 2.33. The zero-order chi connectivity index (χ0) is 14.7. The van der Waals surface area contributed by atoms with Crippen molar-refractivity contribution in [2.75, 3.05) is 18.0 Å². The van der Waals surface area contributed by atoms with Crippen LogP contribution in [0, 0.1) is 17.2 Å². The molecule has 1 aromatic carbocycles. The molecular formula is C18H21N3. The molecule has 1 aromatic heterocycles. The molecule has 0 radical (unpaired) electrons. The minimum atomic E-state index is 0.697. The number of nitrogens with zero attached hydrogens (tertiary/aromatic N) is 3. The van der Waals surface area contributed by atoms with Crippen molar-refractivity contribution in [2.45, 2.75) is 32.6 Å². The van der Waals surface area contributed by atoms with Crippen LogP contribution < -0.4 is 4.90 Å². The molecule has 0 saturated carbocycles. The highest BCUT2D eigenvalue weighted by Gasteiger charge is 2.22. The van der Waals surface area contributed by atoms with Crippen molar-refractivity contribution in [2.24, 2.45) is 5.92 Å². The molecule has 0 N–H and O–H groups in total. The van der Waals surface area contributed by atoms with E-state index in [9.17, 15) is 5.26 Å². The number of pyridine rings is 1. The van der Waals surface area contributed by atoms with Crippen LogP contribution in [-0.4, -0.2) is 18.1 Å². The fourth-order valence-electron chi connectivity index (χ4n) is 3.40. The zero-order valence-corrected chi connectivity index (χ0v) is 12.5. The molecule has 2 aromatic rings. The van der Waals surface area contributed by atoms with Crippen LogP contribution in [0.25, 0.3) is 10.9 Å². The van der Waals surface area contributed by atoms with Crippen molar-refractivity contribution in [3.05, 3.63) is 36.0 Å². The van der Waals surface area contributed by atoms with Gasteiger partial charge >= 0.3 is 0 Å². The summed E-state index contributed by atoms with van der Waals surface area (Å²) in [5.41, 5.74) is 2.75. The van der Waals surface area contributed by atoms with E-state index in [0.717, 1.165) is 35.6 Å². The number of aromatic nitrogens is 1. The minimum Gasteiger partial charge on any atom is -0.370 e. The molecule has 1 aliphatic heterocycles. The number of hydrogen-bond acceptors (Lipinski definition) is 3. The van der Waals surface area contributed by atoms with E-state index in [1.54, 1.807) is 6.20 Å². The van der Waals surface area contributed by atoms with Crippen molar-refractivity contribution in [1.82, 2.24) is 4.98 Å². The Hall–Kier alpha value is -2.08. The van der Waals surface area contributed by atoms with Crippen LogP contribution in [0.1, 0.15) is 38.2 Å². The Bertz CT molecular complexity index is 664. The Morgan fingerprint density at radius 1 is 1.29 bits per heavy atom. The summed E-state index contributed by atoms with van der Waals surface area (Å²) in [6.45, 7) is 4.36. The first kappa shape index (κ1) is 13.9. The van der Waals surface area contributed by atoms with Gasteiger partial charge < -0.3 is 4.90 Å². The molecule has 108 valence electrons. The Balaban J connectivity index is 1.95. The van der Waals surface area contributed by atoms with Gasteiger partial charge in [0.25, 0.3) is 0 Å². The molecule has 0 amide bonds. The van der Waals surface area contributed by atoms with Gasteiger partial charge in [0.05, 0.1) is 16.8 Å². The summed E-state index contributed by atoms with van der Waals surface area (Å²) in [5.74, 6) is 0.852. The van der Waals surface area contributed by atoms with E-state index in [1.165, 1.54) is 25.7 Å². The van der Waals surface area contributed by atoms with Crippen molar-refractivity contribution >= 4 is 16.6 Å². The van der Waals surface area contributed by atoms with E-state index < -0.39 is 0 Å². The summed E-state index contributed by atoms with van der Waals surface area (Å²) in [5, 5.41) is 10.5. The smallest absolute Gasteiger partial charge is 0.103 e. The quantitative estimate of drug-likeness (QED) is 0.848. The molecule has 1 aliphatic rings. The molecule has 3 heteroatoms. The van der Waals surface area contributed by atoms with Crippen molar-refractivity contribution in [3.63, 3.8) is 0 Å². The second-order valence-electron chi connectivity index (χ2n) is 5.87. The maximum absolute atomic E-state index is 9.43. The van der Waals surface area contributed by atoms with E-state index >= 15 is 0 Å². The number of rotatable bonds is 3. The third-order valence-corrected chi connectivity index (χ3v) is 4.50. The largest absolute Gasteiger partial charge is 0.370 e. The van der Waals surface area contributed by atoms with Crippen LogP contribution in [0.2, 0.25) is 0 Å². The molecular weight excluding hydrogens is 258 g/mol. The predicted molar refractivity (Wildman–Crippen MR) is 86.3 cm³/mol. The molecule has 0 aliphatic carbocycles. The number of hydrogen-bond donors (Lipinski definition) is 0. The van der Waals surface area contributed by atoms with Crippen molar-refractivity contribution in [1.29, 1.82) is 5.26 Å². The third-order valence-electron chi connectivity index (χ3n) is 4.50. The Kier molecular flexibility index (Phi) is 4.06. The van der Waals surface area contributed by atoms with E-state index in [2.05, 4.69) is 28.9 Å². The molecule has 3 nitrogen and oxygen atoms in total. The predicted octanol–water partition coefficient (Wildman–Crippen LogP) is 4.12. The number of anilines is 1. The summed E-state index contributed by atoms with van der Waals surface area (Å²) in [4.78, 5) is 6.79. The summed E-state index contributed by atoms with van der Waals surface area (Å²) >= 11 is 0. The monoisotopic (exact) mass is 279 g/mol. The number of para-hydroxylation sites is 1. The topological polar surface area (TPSA) is 39.9 Å². The lowest BCUT2D eigenvalue weighted by molar-refractivity contribution is 0.379. The molecule has 1 fully saturated rings. The first-order chi connectivity index (χ1) is 10.3. The van der Waals surface area contributed by atoms with Gasteiger partial charge in [0.15, 0.2) is 0 Å². The van der Waals surface area contributed by atoms with Gasteiger partial charge in [0, 0.05) is 24.7 Å². The van der Waals surface area contributed by atoms with E-state index in [1.807, 2.05) is 18.2 Å². The van der Waals surface area contributed by atoms with Crippen LogP contribution in [0.5, 0.6) is 0 Å². The van der Waals surface area contributed by atoms with Gasteiger partial charge in [-0.2, -0.15) is 5.26 Å². The SMILES string of the molecule is CCCC1CCN(c2c(C#N)cnc3ccccc23)CC1. The third kappa shape index (κ3) is 2.71. The van der Waals surface area contributed by atoms with Gasteiger partial charge in [-0.1, -0.05) is 38.0 Å². The zero-order valence-electron chi connectivity index (χ0n) is 12.5. The molecule has 0 unspecified atom stereocenters. The van der Waals surface area contributed by atoms with Gasteiger partial charge in [0.2, 0.25) is 0 Å². The molecule has 1 saturated heterocycles. The normalized spacial score (nSPS) is 16.1. The van der Waals surface area contributed by atoms with Crippen LogP contribution in [-0.2, 0) is 0 Å². The van der Waals surface area contributed by atoms with Crippen LogP contribution >= 0.6 is 0 Å². The van der Waals surface area contributed by atoms with Gasteiger partial charge in [-0.3, -0.25) is 4.98 Å². The highest BCUT2D eigenvalue weighted by molar-refractivity contribution is 5.94. The molecule has 3 rings (SSSR count). The van der Waals surface area contributed by atoms with Gasteiger partial charge in [-0.15, -0.1) is 0 Å². The Morgan fingerprint density at radius 2 is 2.05 bits per heavy atom. The Morgan fingerprint density at radius 3 is 2.76 bits per heavy atom. The number of benzene rings is 1. The average molecular weight is 279 g/mol. The first-order valence-corrected chi connectivity index (χ1v) is 7.86. The fourth-order valence-corrected chi connectivity index (χ4v) is 3.40. The summed E-state index contributed by atoms with van der Waals surface area (Å²) in [7, 11) is 0. The lowest BCUT2D eigenvalue weighted by Gasteiger charge is -2.34. The van der Waals surface area contributed by atoms with E-state index in [4.69, 9.17) is 0 Å². The minimum absolute atomic E-state index is 0.697. The summed E-state index contributed by atoms with van der Waals surface area (Å²) in [6.07, 6.45) is 6.78. The lowest BCUT2D eigenvalue weighted by atomic mass is 9.92. The van der Waals surface area contributed by atoms with E-state index in [0.29, 0.717) is 5.56 Å². The summed E-state index contributed by atoms with van der Waals surface area (Å²) in [6, 6.07) is 10.4. The second-order valence-corrected chi connectivity index (χ2v) is 5.87. The number of piperidine rings is 1. The summed E-state index contributed by atoms with van der Waals surface area (Å²) < 4.78 is 0. The lowest BCUT2D eigenvalue weighted by Crippen LogP contribution is -2.34. The fraction of sp³-hybridized carbons (Fsp3) is 0.444. The van der Waals surface area contributed by atoms with E-state index in [-0.39, 0.29) is 0 Å². The van der Waals surface area contributed by atoms with Crippen molar-refractivity contribution < 1.29 is 0 Å². The average Bonchev–Trinajstić information content (AvgIpc) is 2.55. The van der Waals surface area contributed by atoms with Gasteiger partial charge in [-0.25, -0.2) is 0 Å².